The van der Waals surface area contributed by atoms with Gasteiger partial charge in [0.05, 0.1) is 11.4 Å². The molecule has 0 aliphatic carbocycles. The molecule has 0 aliphatic rings. The van der Waals surface area contributed by atoms with Crippen molar-refractivity contribution in [1.29, 1.82) is 0 Å². The van der Waals surface area contributed by atoms with E-state index < -0.39 is 0 Å². The van der Waals surface area contributed by atoms with Gasteiger partial charge in [-0.1, -0.05) is 11.6 Å². The number of aromatic nitrogens is 2. The number of anilines is 2. The zero-order valence-corrected chi connectivity index (χ0v) is 10.8. The number of hydrogen-bond donors (Lipinski definition) is 2. The molecule has 0 bridgehead atoms. The van der Waals surface area contributed by atoms with Gasteiger partial charge in [0.1, 0.15) is 5.69 Å². The van der Waals surface area contributed by atoms with Crippen molar-refractivity contribution in [3.63, 3.8) is 0 Å². The summed E-state index contributed by atoms with van der Waals surface area (Å²) in [4.78, 5) is 16.0. The van der Waals surface area contributed by atoms with Gasteiger partial charge in [0, 0.05) is 19.4 Å². The predicted molar refractivity (Wildman–Crippen MR) is 71.8 cm³/mol. The normalized spacial score (nSPS) is 10.4. The van der Waals surface area contributed by atoms with Gasteiger partial charge in [-0.3, -0.25) is 4.79 Å². The molecule has 0 aliphatic heterocycles. The molecule has 94 valence electrons. The third kappa shape index (κ3) is 2.31. The molecule has 2 aromatic rings. The van der Waals surface area contributed by atoms with Crippen LogP contribution < -0.4 is 11.1 Å². The molecule has 2 heterocycles. The molecule has 2 rings (SSSR count). The highest BCUT2D eigenvalue weighted by atomic mass is 35.5. The third-order valence-corrected chi connectivity index (χ3v) is 2.90. The highest BCUT2D eigenvalue weighted by molar-refractivity contribution is 6.32. The van der Waals surface area contributed by atoms with Crippen LogP contribution in [-0.2, 0) is 7.05 Å². The molecule has 1 amide bonds. The van der Waals surface area contributed by atoms with Crippen LogP contribution in [0.2, 0.25) is 5.15 Å². The number of carbonyl (C=O) groups is 1. The maximum Gasteiger partial charge on any atom is 0.272 e. The van der Waals surface area contributed by atoms with E-state index in [9.17, 15) is 4.79 Å². The average Bonchev–Trinajstić information content (AvgIpc) is 2.63. The zero-order chi connectivity index (χ0) is 13.3. The Bertz CT molecular complexity index is 586. The number of pyridine rings is 1. The van der Waals surface area contributed by atoms with E-state index in [1.54, 1.807) is 36.1 Å². The lowest BCUT2D eigenvalue weighted by Crippen LogP contribution is -2.16. The number of hydrogen-bond acceptors (Lipinski definition) is 3. The molecule has 0 saturated heterocycles. The van der Waals surface area contributed by atoms with Crippen molar-refractivity contribution < 1.29 is 4.79 Å². The Morgan fingerprint density at radius 2 is 2.28 bits per heavy atom. The van der Waals surface area contributed by atoms with Gasteiger partial charge >= 0.3 is 0 Å². The summed E-state index contributed by atoms with van der Waals surface area (Å²) in [6.45, 7) is 1.85. The number of nitrogens with two attached hydrogens (primary N) is 1. The Balaban J connectivity index is 2.30. The first-order valence-corrected chi connectivity index (χ1v) is 5.71. The largest absolute Gasteiger partial charge is 0.397 e. The SMILES string of the molecule is Cc1ccnc(Cl)c1NC(=O)c1cc(N)cn1C. The number of carbonyl (C=O) groups excluding carboxylic acids is 1. The Morgan fingerprint density at radius 3 is 2.83 bits per heavy atom. The van der Waals surface area contributed by atoms with E-state index in [1.165, 1.54) is 0 Å². The highest BCUT2D eigenvalue weighted by Crippen LogP contribution is 2.23. The summed E-state index contributed by atoms with van der Waals surface area (Å²) >= 11 is 5.95. The molecule has 5 nitrogen and oxygen atoms in total. The fraction of sp³-hybridized carbons (Fsp3) is 0.167. The van der Waals surface area contributed by atoms with E-state index in [0.29, 0.717) is 17.1 Å². The van der Waals surface area contributed by atoms with Gasteiger partial charge in [0.25, 0.3) is 5.91 Å². The van der Waals surface area contributed by atoms with Gasteiger partial charge < -0.3 is 15.6 Å². The van der Waals surface area contributed by atoms with E-state index in [1.807, 2.05) is 6.92 Å². The lowest BCUT2D eigenvalue weighted by atomic mass is 10.2. The van der Waals surface area contributed by atoms with Crippen molar-refractivity contribution in [3.05, 3.63) is 40.9 Å². The van der Waals surface area contributed by atoms with Gasteiger partial charge in [-0.05, 0) is 24.6 Å². The van der Waals surface area contributed by atoms with Crippen molar-refractivity contribution in [2.75, 3.05) is 11.1 Å². The van der Waals surface area contributed by atoms with E-state index >= 15 is 0 Å². The summed E-state index contributed by atoms with van der Waals surface area (Å²) in [5.74, 6) is -0.271. The first-order valence-electron chi connectivity index (χ1n) is 5.33. The number of nitrogens with zero attached hydrogens (tertiary/aromatic N) is 2. The minimum absolute atomic E-state index is 0.269. The Labute approximate surface area is 110 Å². The molecule has 6 heteroatoms. The molecule has 0 unspecified atom stereocenters. The zero-order valence-electron chi connectivity index (χ0n) is 10.1. The molecule has 0 atom stereocenters. The molecule has 0 spiro atoms. The predicted octanol–water partition coefficient (Wildman–Crippen LogP) is 2.22. The van der Waals surface area contributed by atoms with Crippen LogP contribution in [0.25, 0.3) is 0 Å². The second-order valence-corrected chi connectivity index (χ2v) is 4.38. The number of halogens is 1. The summed E-state index contributed by atoms with van der Waals surface area (Å²) in [7, 11) is 1.75. The minimum atomic E-state index is -0.271. The standard InChI is InChI=1S/C12H13ClN4O/c1-7-3-4-15-11(13)10(7)16-12(18)9-5-8(14)6-17(9)2/h3-6H,14H2,1-2H3,(H,16,18). The molecule has 0 aromatic carbocycles. The lowest BCUT2D eigenvalue weighted by molar-refractivity contribution is 0.101. The second kappa shape index (κ2) is 4.70. The van der Waals surface area contributed by atoms with Crippen LogP contribution in [-0.4, -0.2) is 15.5 Å². The summed E-state index contributed by atoms with van der Waals surface area (Å²) < 4.78 is 1.66. The number of amides is 1. The molecule has 0 saturated carbocycles. The van der Waals surface area contributed by atoms with Crippen LogP contribution in [0.15, 0.2) is 24.5 Å². The van der Waals surface area contributed by atoms with Crippen LogP contribution in [0.4, 0.5) is 11.4 Å². The fourth-order valence-electron chi connectivity index (χ4n) is 1.67. The number of rotatable bonds is 2. The van der Waals surface area contributed by atoms with E-state index in [-0.39, 0.29) is 11.1 Å². The van der Waals surface area contributed by atoms with Gasteiger partial charge in [0.2, 0.25) is 0 Å². The number of aryl methyl sites for hydroxylation is 2. The van der Waals surface area contributed by atoms with Crippen LogP contribution in [0.1, 0.15) is 16.1 Å². The molecule has 0 radical (unpaired) electrons. The summed E-state index contributed by atoms with van der Waals surface area (Å²) in [5.41, 5.74) is 8.00. The number of nitrogen functional groups attached to an aromatic ring is 1. The van der Waals surface area contributed by atoms with Crippen molar-refractivity contribution in [2.24, 2.45) is 7.05 Å². The lowest BCUT2D eigenvalue weighted by Gasteiger charge is -2.09. The maximum absolute atomic E-state index is 12.1. The smallest absolute Gasteiger partial charge is 0.272 e. The molecule has 3 N–H and O–H groups in total. The van der Waals surface area contributed by atoms with Crippen molar-refractivity contribution in [3.8, 4) is 0 Å². The topological polar surface area (TPSA) is 72.9 Å². The number of nitrogens with one attached hydrogen (secondary N) is 1. The second-order valence-electron chi connectivity index (χ2n) is 4.02. The van der Waals surface area contributed by atoms with Crippen LogP contribution in [0.5, 0.6) is 0 Å². The monoisotopic (exact) mass is 264 g/mol. The first-order chi connectivity index (χ1) is 8.49. The Kier molecular flexibility index (Phi) is 3.25. The van der Waals surface area contributed by atoms with Crippen molar-refractivity contribution in [2.45, 2.75) is 6.92 Å². The Hall–Kier alpha value is -2.01. The van der Waals surface area contributed by atoms with E-state index in [0.717, 1.165) is 5.56 Å². The third-order valence-electron chi connectivity index (χ3n) is 2.61. The summed E-state index contributed by atoms with van der Waals surface area (Å²) in [6.07, 6.45) is 3.26. The molecular weight excluding hydrogens is 252 g/mol. The van der Waals surface area contributed by atoms with Gasteiger partial charge in [-0.15, -0.1) is 0 Å². The van der Waals surface area contributed by atoms with Gasteiger partial charge in [-0.2, -0.15) is 0 Å². The maximum atomic E-state index is 12.1. The van der Waals surface area contributed by atoms with Crippen LogP contribution in [0.3, 0.4) is 0 Å². The van der Waals surface area contributed by atoms with Crippen molar-refractivity contribution in [1.82, 2.24) is 9.55 Å². The fourth-order valence-corrected chi connectivity index (χ4v) is 1.92. The van der Waals surface area contributed by atoms with Crippen molar-refractivity contribution >= 4 is 28.9 Å². The quantitative estimate of drug-likeness (QED) is 0.817. The highest BCUT2D eigenvalue weighted by Gasteiger charge is 2.14. The van der Waals surface area contributed by atoms with E-state index in [4.69, 9.17) is 17.3 Å². The Morgan fingerprint density at radius 1 is 1.56 bits per heavy atom. The van der Waals surface area contributed by atoms with E-state index in [2.05, 4.69) is 10.3 Å². The van der Waals surface area contributed by atoms with Crippen LogP contribution >= 0.6 is 11.6 Å². The minimum Gasteiger partial charge on any atom is -0.397 e. The van der Waals surface area contributed by atoms with Crippen LogP contribution in [0, 0.1) is 6.92 Å². The molecular formula is C12H13ClN4O. The summed E-state index contributed by atoms with van der Waals surface area (Å²) in [6, 6.07) is 3.38. The molecule has 0 fully saturated rings. The first kappa shape index (κ1) is 12.4. The molecule has 18 heavy (non-hydrogen) atoms. The molecule has 2 aromatic heterocycles. The average molecular weight is 265 g/mol. The summed E-state index contributed by atoms with van der Waals surface area (Å²) in [5, 5.41) is 3.01. The van der Waals surface area contributed by atoms with Gasteiger partial charge in [0.15, 0.2) is 5.15 Å². The van der Waals surface area contributed by atoms with Gasteiger partial charge in [-0.25, -0.2) is 4.98 Å².